The molecule has 1 atom stereocenters. The molecule has 0 bridgehead atoms. The molecule has 2 aromatic heterocycles. The summed E-state index contributed by atoms with van der Waals surface area (Å²) in [6.07, 6.45) is 6.62. The van der Waals surface area contributed by atoms with Crippen molar-refractivity contribution in [2.45, 2.75) is 38.8 Å². The van der Waals surface area contributed by atoms with Crippen LogP contribution < -0.4 is 5.32 Å². The normalized spacial score (nSPS) is 21.6. The van der Waals surface area contributed by atoms with Crippen molar-refractivity contribution >= 4 is 17.2 Å². The van der Waals surface area contributed by atoms with E-state index in [-0.39, 0.29) is 5.91 Å². The van der Waals surface area contributed by atoms with Crippen molar-refractivity contribution in [2.24, 2.45) is 5.92 Å². The minimum absolute atomic E-state index is 0.109. The van der Waals surface area contributed by atoms with E-state index in [0.717, 1.165) is 32.7 Å². The van der Waals surface area contributed by atoms with E-state index in [2.05, 4.69) is 27.2 Å². The Bertz CT molecular complexity index is 722. The molecule has 0 unspecified atom stereocenters. The molecule has 2 saturated heterocycles. The highest BCUT2D eigenvalue weighted by atomic mass is 32.1. The van der Waals surface area contributed by atoms with Gasteiger partial charge in [0, 0.05) is 35.9 Å². The fraction of sp³-hybridized carbons (Fsp3) is 0.571. The van der Waals surface area contributed by atoms with Gasteiger partial charge in [-0.1, -0.05) is 0 Å². The Morgan fingerprint density at radius 3 is 2.56 bits per heavy atom. The first-order valence-corrected chi connectivity index (χ1v) is 10.9. The van der Waals surface area contributed by atoms with E-state index >= 15 is 0 Å². The predicted molar refractivity (Wildman–Crippen MR) is 108 cm³/mol. The Balaban J connectivity index is 1.23. The molecule has 2 aliphatic heterocycles. The van der Waals surface area contributed by atoms with Gasteiger partial charge in [-0.15, -0.1) is 11.3 Å². The van der Waals surface area contributed by atoms with Gasteiger partial charge < -0.3 is 9.73 Å². The molecule has 1 N–H and O–H groups in total. The third-order valence-corrected chi connectivity index (χ3v) is 6.63. The van der Waals surface area contributed by atoms with Gasteiger partial charge in [-0.3, -0.25) is 14.6 Å². The Morgan fingerprint density at radius 1 is 1.07 bits per heavy atom. The first-order valence-electron chi connectivity index (χ1n) is 10.1. The number of carbonyl (C=O) groups is 1. The van der Waals surface area contributed by atoms with E-state index in [4.69, 9.17) is 4.42 Å². The zero-order chi connectivity index (χ0) is 18.5. The van der Waals surface area contributed by atoms with Crippen LogP contribution in [-0.4, -0.2) is 48.4 Å². The monoisotopic (exact) mass is 387 g/mol. The highest BCUT2D eigenvalue weighted by Crippen LogP contribution is 2.24. The Morgan fingerprint density at radius 2 is 1.81 bits per heavy atom. The lowest BCUT2D eigenvalue weighted by molar-refractivity contribution is 0.0903. The maximum Gasteiger partial charge on any atom is 0.286 e. The maximum absolute atomic E-state index is 12.0. The number of furan rings is 1. The molecule has 0 saturated carbocycles. The van der Waals surface area contributed by atoms with Gasteiger partial charge in [-0.25, -0.2) is 0 Å². The number of rotatable bonds is 7. The Hall–Kier alpha value is -1.63. The minimum Gasteiger partial charge on any atom is -0.459 e. The van der Waals surface area contributed by atoms with Crippen LogP contribution in [0.2, 0.25) is 0 Å². The SMILES string of the molecule is O=C(NC[C@@H]1CCCN(Cc2ccc(CN3CCCC3)s2)C1)c1ccco1. The number of piperidine rings is 1. The van der Waals surface area contributed by atoms with Crippen LogP contribution in [0.4, 0.5) is 0 Å². The minimum atomic E-state index is -0.109. The van der Waals surface area contributed by atoms with Crippen LogP contribution in [0, 0.1) is 5.92 Å². The number of hydrogen-bond acceptors (Lipinski definition) is 5. The van der Waals surface area contributed by atoms with Crippen molar-refractivity contribution < 1.29 is 9.21 Å². The molecule has 6 heteroatoms. The molecule has 4 rings (SSSR count). The van der Waals surface area contributed by atoms with Gasteiger partial charge in [-0.2, -0.15) is 0 Å². The summed E-state index contributed by atoms with van der Waals surface area (Å²) in [5.41, 5.74) is 0. The molecule has 146 valence electrons. The van der Waals surface area contributed by atoms with Crippen LogP contribution >= 0.6 is 11.3 Å². The zero-order valence-electron chi connectivity index (χ0n) is 15.9. The molecule has 2 aromatic rings. The summed E-state index contributed by atoms with van der Waals surface area (Å²) in [6.45, 7) is 7.59. The number of nitrogens with zero attached hydrogens (tertiary/aromatic N) is 2. The lowest BCUT2D eigenvalue weighted by Crippen LogP contribution is -2.40. The molecule has 2 fully saturated rings. The van der Waals surface area contributed by atoms with Gasteiger partial charge >= 0.3 is 0 Å². The van der Waals surface area contributed by atoms with E-state index in [9.17, 15) is 4.79 Å². The van der Waals surface area contributed by atoms with Gasteiger partial charge in [0.2, 0.25) is 0 Å². The molecule has 0 radical (unpaired) electrons. The van der Waals surface area contributed by atoms with Gasteiger partial charge in [0.25, 0.3) is 5.91 Å². The van der Waals surface area contributed by atoms with Gasteiger partial charge in [0.15, 0.2) is 5.76 Å². The summed E-state index contributed by atoms with van der Waals surface area (Å²) in [4.78, 5) is 20.1. The molecular weight excluding hydrogens is 358 g/mol. The second-order valence-electron chi connectivity index (χ2n) is 7.78. The van der Waals surface area contributed by atoms with Crippen LogP contribution in [0.15, 0.2) is 34.9 Å². The van der Waals surface area contributed by atoms with Crippen molar-refractivity contribution in [3.63, 3.8) is 0 Å². The third-order valence-electron chi connectivity index (χ3n) is 5.57. The van der Waals surface area contributed by atoms with E-state index in [1.54, 1.807) is 12.1 Å². The molecule has 0 aliphatic carbocycles. The average Bonchev–Trinajstić information content (AvgIpc) is 3.44. The lowest BCUT2D eigenvalue weighted by atomic mass is 9.98. The van der Waals surface area contributed by atoms with Gasteiger partial charge in [0.05, 0.1) is 6.26 Å². The summed E-state index contributed by atoms with van der Waals surface area (Å²) in [7, 11) is 0. The van der Waals surface area contributed by atoms with Crippen molar-refractivity contribution in [3.05, 3.63) is 46.0 Å². The van der Waals surface area contributed by atoms with Crippen LogP contribution in [0.3, 0.4) is 0 Å². The first-order chi connectivity index (χ1) is 13.3. The number of hydrogen-bond donors (Lipinski definition) is 1. The highest BCUT2D eigenvalue weighted by molar-refractivity contribution is 7.11. The largest absolute Gasteiger partial charge is 0.459 e. The lowest BCUT2D eigenvalue weighted by Gasteiger charge is -2.32. The number of thiophene rings is 1. The fourth-order valence-electron chi connectivity index (χ4n) is 4.17. The number of amides is 1. The quantitative estimate of drug-likeness (QED) is 0.789. The summed E-state index contributed by atoms with van der Waals surface area (Å²) in [6, 6.07) is 8.07. The number of carbonyl (C=O) groups excluding carboxylic acids is 1. The number of likely N-dealkylation sites (tertiary alicyclic amines) is 2. The molecule has 0 aromatic carbocycles. The van der Waals surface area contributed by atoms with E-state index in [1.165, 1.54) is 54.8 Å². The van der Waals surface area contributed by atoms with Crippen LogP contribution in [0.5, 0.6) is 0 Å². The first kappa shape index (κ1) is 18.7. The highest BCUT2D eigenvalue weighted by Gasteiger charge is 2.22. The molecule has 4 heterocycles. The summed E-state index contributed by atoms with van der Waals surface area (Å²) in [5, 5.41) is 3.02. The molecular formula is C21H29N3O2S. The van der Waals surface area contributed by atoms with E-state index in [1.807, 2.05) is 11.3 Å². The number of nitrogens with one attached hydrogen (secondary N) is 1. The van der Waals surface area contributed by atoms with Crippen LogP contribution in [-0.2, 0) is 13.1 Å². The summed E-state index contributed by atoms with van der Waals surface area (Å²) in [5.74, 6) is 0.801. The van der Waals surface area contributed by atoms with Crippen molar-refractivity contribution in [2.75, 3.05) is 32.7 Å². The van der Waals surface area contributed by atoms with Crippen LogP contribution in [0.25, 0.3) is 0 Å². The molecule has 5 nitrogen and oxygen atoms in total. The Kier molecular flexibility index (Phi) is 6.27. The molecule has 2 aliphatic rings. The smallest absolute Gasteiger partial charge is 0.286 e. The zero-order valence-corrected chi connectivity index (χ0v) is 16.7. The van der Waals surface area contributed by atoms with Gasteiger partial charge in [-0.05, 0) is 75.5 Å². The van der Waals surface area contributed by atoms with E-state index in [0.29, 0.717) is 11.7 Å². The average molecular weight is 388 g/mol. The molecule has 0 spiro atoms. The summed E-state index contributed by atoms with van der Waals surface area (Å²) >= 11 is 1.97. The van der Waals surface area contributed by atoms with Crippen molar-refractivity contribution in [1.82, 2.24) is 15.1 Å². The molecule has 1 amide bonds. The second-order valence-corrected chi connectivity index (χ2v) is 9.03. The topological polar surface area (TPSA) is 48.7 Å². The van der Waals surface area contributed by atoms with Crippen LogP contribution in [0.1, 0.15) is 46.0 Å². The van der Waals surface area contributed by atoms with Crippen molar-refractivity contribution in [3.8, 4) is 0 Å². The molecule has 27 heavy (non-hydrogen) atoms. The van der Waals surface area contributed by atoms with Crippen molar-refractivity contribution in [1.29, 1.82) is 0 Å². The summed E-state index contributed by atoms with van der Waals surface area (Å²) < 4.78 is 5.16. The maximum atomic E-state index is 12.0. The third kappa shape index (κ3) is 5.21. The van der Waals surface area contributed by atoms with E-state index < -0.39 is 0 Å². The predicted octanol–water partition coefficient (Wildman–Crippen LogP) is 3.58. The fourth-order valence-corrected chi connectivity index (χ4v) is 5.27. The standard InChI is InChI=1S/C21H29N3O2S/c25-21(20-6-4-12-26-20)22-13-17-5-3-11-24(14-17)16-19-8-7-18(27-19)15-23-9-1-2-10-23/h4,6-8,12,17H,1-3,5,9-11,13-16H2,(H,22,25)/t17-/m0/s1. The van der Waals surface area contributed by atoms with Gasteiger partial charge in [0.1, 0.15) is 0 Å². The second kappa shape index (κ2) is 9.04. The Labute approximate surface area is 165 Å².